The number of aryl methyl sites for hydroxylation is 2. The van der Waals surface area contributed by atoms with Crippen LogP contribution in [0, 0.1) is 6.92 Å². The molecule has 0 saturated heterocycles. The van der Waals surface area contributed by atoms with Crippen molar-refractivity contribution in [2.75, 3.05) is 5.32 Å². The van der Waals surface area contributed by atoms with E-state index in [9.17, 15) is 0 Å². The van der Waals surface area contributed by atoms with Crippen LogP contribution in [-0.2, 0) is 13.6 Å². The molecule has 0 aliphatic rings. The van der Waals surface area contributed by atoms with E-state index < -0.39 is 0 Å². The molecule has 2 aromatic heterocycles. The molecule has 0 radical (unpaired) electrons. The molecule has 1 N–H and O–H groups in total. The Hall–Kier alpha value is -1.43. The number of aromatic nitrogens is 4. The first kappa shape index (κ1) is 9.14. The third kappa shape index (κ3) is 1.90. The fourth-order valence-corrected chi connectivity index (χ4v) is 1.66. The number of hydrogen-bond acceptors (Lipinski definition) is 5. The Morgan fingerprint density at radius 1 is 1.57 bits per heavy atom. The number of rotatable bonds is 3. The third-order valence-electron chi connectivity index (χ3n) is 1.93. The molecule has 0 aliphatic carbocycles. The van der Waals surface area contributed by atoms with Gasteiger partial charge < -0.3 is 5.32 Å². The van der Waals surface area contributed by atoms with Gasteiger partial charge in [-0.05, 0) is 6.92 Å². The summed E-state index contributed by atoms with van der Waals surface area (Å²) in [6.07, 6.45) is 3.73. The van der Waals surface area contributed by atoms with Crippen molar-refractivity contribution in [1.82, 2.24) is 19.4 Å². The molecule has 2 rings (SSSR count). The molecule has 5 nitrogen and oxygen atoms in total. The van der Waals surface area contributed by atoms with Gasteiger partial charge in [0.1, 0.15) is 5.00 Å². The Kier molecular flexibility index (Phi) is 2.45. The maximum atomic E-state index is 4.26. The zero-order valence-corrected chi connectivity index (χ0v) is 8.88. The van der Waals surface area contributed by atoms with Crippen LogP contribution in [0.3, 0.4) is 0 Å². The van der Waals surface area contributed by atoms with Crippen LogP contribution in [0.5, 0.6) is 0 Å². The van der Waals surface area contributed by atoms with E-state index in [4.69, 9.17) is 0 Å². The minimum Gasteiger partial charge on any atom is -0.370 e. The standard InChI is InChI=1S/C8H11N5S/c1-6-7(5-13(2)11-6)3-9-8-4-10-12-14-8/h4-5,9H,3H2,1-2H3. The van der Waals surface area contributed by atoms with Gasteiger partial charge in [-0.1, -0.05) is 4.49 Å². The minimum absolute atomic E-state index is 0.767. The van der Waals surface area contributed by atoms with Crippen LogP contribution in [0.2, 0.25) is 0 Å². The molecule has 2 heterocycles. The molecule has 0 unspecified atom stereocenters. The summed E-state index contributed by atoms with van der Waals surface area (Å²) in [7, 11) is 1.92. The highest BCUT2D eigenvalue weighted by Gasteiger charge is 2.02. The highest BCUT2D eigenvalue weighted by molar-refractivity contribution is 7.09. The SMILES string of the molecule is Cc1nn(C)cc1CNc1cnns1. The van der Waals surface area contributed by atoms with Crippen LogP contribution < -0.4 is 5.32 Å². The summed E-state index contributed by atoms with van der Waals surface area (Å²) in [6, 6.07) is 0. The van der Waals surface area contributed by atoms with E-state index in [1.54, 1.807) is 6.20 Å². The second-order valence-corrected chi connectivity index (χ2v) is 3.83. The molecule has 0 aliphatic heterocycles. The van der Waals surface area contributed by atoms with Crippen LogP contribution in [0.25, 0.3) is 0 Å². The quantitative estimate of drug-likeness (QED) is 0.825. The predicted octanol–water partition coefficient (Wildman–Crippen LogP) is 1.19. The molecular formula is C8H11N5S. The minimum atomic E-state index is 0.767. The van der Waals surface area contributed by atoms with Gasteiger partial charge in [-0.15, -0.1) is 5.10 Å². The van der Waals surface area contributed by atoms with Crippen LogP contribution in [0.1, 0.15) is 11.3 Å². The summed E-state index contributed by atoms with van der Waals surface area (Å²) in [4.78, 5) is 0. The van der Waals surface area contributed by atoms with E-state index in [1.165, 1.54) is 17.1 Å². The molecule has 0 fully saturated rings. The van der Waals surface area contributed by atoms with Crippen molar-refractivity contribution in [3.8, 4) is 0 Å². The summed E-state index contributed by atoms with van der Waals surface area (Å²) in [6.45, 7) is 2.77. The van der Waals surface area contributed by atoms with E-state index in [-0.39, 0.29) is 0 Å². The number of hydrogen-bond donors (Lipinski definition) is 1. The molecule has 0 atom stereocenters. The van der Waals surface area contributed by atoms with Crippen molar-refractivity contribution in [2.24, 2.45) is 7.05 Å². The van der Waals surface area contributed by atoms with Gasteiger partial charge in [-0.2, -0.15) is 5.10 Å². The molecule has 0 saturated carbocycles. The van der Waals surface area contributed by atoms with Gasteiger partial charge in [-0.25, -0.2) is 0 Å². The van der Waals surface area contributed by atoms with Crippen molar-refractivity contribution >= 4 is 16.5 Å². The number of anilines is 1. The van der Waals surface area contributed by atoms with E-state index in [0.717, 1.165) is 17.2 Å². The second kappa shape index (κ2) is 3.75. The molecule has 74 valence electrons. The number of nitrogens with one attached hydrogen (secondary N) is 1. The second-order valence-electron chi connectivity index (χ2n) is 3.05. The van der Waals surface area contributed by atoms with Gasteiger partial charge in [0.25, 0.3) is 0 Å². The summed E-state index contributed by atoms with van der Waals surface area (Å²) in [5.74, 6) is 0. The first-order valence-corrected chi connectivity index (χ1v) is 5.03. The molecular weight excluding hydrogens is 198 g/mol. The van der Waals surface area contributed by atoms with Crippen LogP contribution >= 0.6 is 11.5 Å². The Morgan fingerprint density at radius 2 is 2.43 bits per heavy atom. The zero-order chi connectivity index (χ0) is 9.97. The number of nitrogens with zero attached hydrogens (tertiary/aromatic N) is 4. The van der Waals surface area contributed by atoms with Crippen molar-refractivity contribution in [2.45, 2.75) is 13.5 Å². The van der Waals surface area contributed by atoms with Gasteiger partial charge >= 0.3 is 0 Å². The van der Waals surface area contributed by atoms with Crippen molar-refractivity contribution in [3.05, 3.63) is 23.7 Å². The normalized spacial score (nSPS) is 10.4. The van der Waals surface area contributed by atoms with Crippen LogP contribution in [-0.4, -0.2) is 19.4 Å². The lowest BCUT2D eigenvalue weighted by Crippen LogP contribution is -1.97. The Bertz CT molecular complexity index is 405. The molecule has 6 heteroatoms. The highest BCUT2D eigenvalue weighted by atomic mass is 32.1. The lowest BCUT2D eigenvalue weighted by molar-refractivity contribution is 0.756. The van der Waals surface area contributed by atoms with Crippen LogP contribution in [0.4, 0.5) is 5.00 Å². The van der Waals surface area contributed by atoms with E-state index >= 15 is 0 Å². The Labute approximate surface area is 85.9 Å². The lowest BCUT2D eigenvalue weighted by Gasteiger charge is -1.99. The van der Waals surface area contributed by atoms with E-state index in [0.29, 0.717) is 0 Å². The summed E-state index contributed by atoms with van der Waals surface area (Å²) < 4.78 is 5.59. The van der Waals surface area contributed by atoms with Gasteiger partial charge in [0.05, 0.1) is 11.9 Å². The lowest BCUT2D eigenvalue weighted by atomic mass is 10.3. The van der Waals surface area contributed by atoms with Gasteiger partial charge in [0.15, 0.2) is 0 Å². The molecule has 14 heavy (non-hydrogen) atoms. The first-order chi connectivity index (χ1) is 6.75. The fourth-order valence-electron chi connectivity index (χ4n) is 1.25. The smallest absolute Gasteiger partial charge is 0.130 e. The van der Waals surface area contributed by atoms with E-state index in [1.807, 2.05) is 24.9 Å². The molecule has 0 bridgehead atoms. The Balaban J connectivity index is 2.01. The van der Waals surface area contributed by atoms with E-state index in [2.05, 4.69) is 20.0 Å². The maximum absolute atomic E-state index is 4.26. The summed E-state index contributed by atoms with van der Waals surface area (Å²) in [5.41, 5.74) is 2.25. The summed E-state index contributed by atoms with van der Waals surface area (Å²) >= 11 is 1.36. The van der Waals surface area contributed by atoms with Gasteiger partial charge in [-0.3, -0.25) is 4.68 Å². The van der Waals surface area contributed by atoms with Gasteiger partial charge in [0, 0.05) is 36.9 Å². The molecule has 2 aromatic rings. The van der Waals surface area contributed by atoms with Crippen molar-refractivity contribution < 1.29 is 0 Å². The first-order valence-electron chi connectivity index (χ1n) is 4.26. The molecule has 0 spiro atoms. The van der Waals surface area contributed by atoms with Crippen molar-refractivity contribution in [3.63, 3.8) is 0 Å². The largest absolute Gasteiger partial charge is 0.370 e. The fraction of sp³-hybridized carbons (Fsp3) is 0.375. The maximum Gasteiger partial charge on any atom is 0.130 e. The van der Waals surface area contributed by atoms with Crippen LogP contribution in [0.15, 0.2) is 12.4 Å². The Morgan fingerprint density at radius 3 is 3.00 bits per heavy atom. The van der Waals surface area contributed by atoms with Gasteiger partial charge in [0.2, 0.25) is 0 Å². The molecule has 0 aromatic carbocycles. The highest BCUT2D eigenvalue weighted by Crippen LogP contribution is 2.12. The molecule has 0 amide bonds. The predicted molar refractivity (Wildman–Crippen MR) is 55.2 cm³/mol. The van der Waals surface area contributed by atoms with Crippen molar-refractivity contribution in [1.29, 1.82) is 0 Å². The monoisotopic (exact) mass is 209 g/mol. The average molecular weight is 209 g/mol. The third-order valence-corrected chi connectivity index (χ3v) is 2.55. The topological polar surface area (TPSA) is 55.6 Å². The average Bonchev–Trinajstić information content (AvgIpc) is 2.72. The summed E-state index contributed by atoms with van der Waals surface area (Å²) in [5, 5.41) is 12.2. The zero-order valence-electron chi connectivity index (χ0n) is 8.06.